The first-order valence-corrected chi connectivity index (χ1v) is 5.22. The Morgan fingerprint density at radius 3 is 2.79 bits per heavy atom. The number of nitrogens with two attached hydrogens (primary N) is 1. The Morgan fingerprint density at radius 2 is 2.21 bits per heavy atom. The van der Waals surface area contributed by atoms with Crippen molar-refractivity contribution in [3.8, 4) is 0 Å². The number of esters is 1. The maximum atomic E-state index is 11.5. The van der Waals surface area contributed by atoms with E-state index in [0.29, 0.717) is 26.2 Å². The molecule has 82 valence electrons. The van der Waals surface area contributed by atoms with E-state index in [4.69, 9.17) is 15.2 Å². The molecule has 0 aromatic rings. The van der Waals surface area contributed by atoms with Gasteiger partial charge in [-0.15, -0.1) is 0 Å². The van der Waals surface area contributed by atoms with Gasteiger partial charge in [0, 0.05) is 12.8 Å². The minimum Gasteiger partial charge on any atom is -0.462 e. The van der Waals surface area contributed by atoms with E-state index in [1.54, 1.807) is 0 Å². The zero-order valence-corrected chi connectivity index (χ0v) is 8.70. The van der Waals surface area contributed by atoms with Crippen molar-refractivity contribution in [1.29, 1.82) is 0 Å². The van der Waals surface area contributed by atoms with Crippen molar-refractivity contribution < 1.29 is 14.3 Å². The van der Waals surface area contributed by atoms with E-state index in [1.165, 1.54) is 0 Å². The lowest BCUT2D eigenvalue weighted by atomic mass is 10.1. The SMILES string of the molecule is CC(CCN)C(=O)OC1CCOCC1. The second-order valence-electron chi connectivity index (χ2n) is 3.73. The molecule has 0 aromatic heterocycles. The fourth-order valence-corrected chi connectivity index (χ4v) is 1.44. The van der Waals surface area contributed by atoms with Gasteiger partial charge < -0.3 is 15.2 Å². The number of carbonyl (C=O) groups excluding carboxylic acids is 1. The van der Waals surface area contributed by atoms with E-state index < -0.39 is 0 Å². The number of carbonyl (C=O) groups is 1. The summed E-state index contributed by atoms with van der Waals surface area (Å²) in [7, 11) is 0. The van der Waals surface area contributed by atoms with E-state index in [9.17, 15) is 4.79 Å². The Bertz CT molecular complexity index is 178. The van der Waals surface area contributed by atoms with Crippen LogP contribution in [0, 0.1) is 5.92 Å². The average molecular weight is 201 g/mol. The first-order valence-electron chi connectivity index (χ1n) is 5.22. The molecule has 1 atom stereocenters. The van der Waals surface area contributed by atoms with Crippen LogP contribution in [0.3, 0.4) is 0 Å². The highest BCUT2D eigenvalue weighted by Crippen LogP contribution is 2.13. The van der Waals surface area contributed by atoms with Crippen molar-refractivity contribution in [2.24, 2.45) is 11.7 Å². The van der Waals surface area contributed by atoms with E-state index in [0.717, 1.165) is 12.8 Å². The normalized spacial score (nSPS) is 20.4. The van der Waals surface area contributed by atoms with Crippen LogP contribution in [-0.4, -0.2) is 31.8 Å². The van der Waals surface area contributed by atoms with Crippen LogP contribution in [0.2, 0.25) is 0 Å². The Kier molecular flexibility index (Phi) is 4.90. The standard InChI is InChI=1S/C10H19NO3/c1-8(2-5-11)10(12)14-9-3-6-13-7-4-9/h8-9H,2-7,11H2,1H3. The summed E-state index contributed by atoms with van der Waals surface area (Å²) in [5.74, 6) is -0.204. The third kappa shape index (κ3) is 3.64. The van der Waals surface area contributed by atoms with Crippen molar-refractivity contribution in [1.82, 2.24) is 0 Å². The van der Waals surface area contributed by atoms with E-state index in [-0.39, 0.29) is 18.0 Å². The molecule has 1 aliphatic rings. The van der Waals surface area contributed by atoms with Gasteiger partial charge >= 0.3 is 5.97 Å². The van der Waals surface area contributed by atoms with Crippen LogP contribution in [0.5, 0.6) is 0 Å². The average Bonchev–Trinajstić information content (AvgIpc) is 2.19. The summed E-state index contributed by atoms with van der Waals surface area (Å²) in [5, 5.41) is 0. The first kappa shape index (κ1) is 11.5. The molecule has 14 heavy (non-hydrogen) atoms. The monoisotopic (exact) mass is 201 g/mol. The fraction of sp³-hybridized carbons (Fsp3) is 0.900. The number of rotatable bonds is 4. The molecule has 0 radical (unpaired) electrons. The van der Waals surface area contributed by atoms with Gasteiger partial charge in [0.15, 0.2) is 0 Å². The molecule has 0 saturated carbocycles. The van der Waals surface area contributed by atoms with Gasteiger partial charge in [0.05, 0.1) is 19.1 Å². The second kappa shape index (κ2) is 5.98. The topological polar surface area (TPSA) is 61.6 Å². The minimum atomic E-state index is -0.123. The first-order chi connectivity index (χ1) is 6.74. The number of hydrogen-bond donors (Lipinski definition) is 1. The van der Waals surface area contributed by atoms with E-state index in [2.05, 4.69) is 0 Å². The van der Waals surface area contributed by atoms with Gasteiger partial charge in [0.1, 0.15) is 6.10 Å². The molecule has 1 fully saturated rings. The lowest BCUT2D eigenvalue weighted by Crippen LogP contribution is -2.29. The molecule has 1 saturated heterocycles. The molecular formula is C10H19NO3. The second-order valence-corrected chi connectivity index (χ2v) is 3.73. The van der Waals surface area contributed by atoms with Crippen molar-refractivity contribution in [3.05, 3.63) is 0 Å². The predicted molar refractivity (Wildman–Crippen MR) is 52.8 cm³/mol. The van der Waals surface area contributed by atoms with Crippen molar-refractivity contribution in [3.63, 3.8) is 0 Å². The van der Waals surface area contributed by atoms with Gasteiger partial charge in [0.2, 0.25) is 0 Å². The van der Waals surface area contributed by atoms with Crippen LogP contribution in [0.15, 0.2) is 0 Å². The van der Waals surface area contributed by atoms with E-state index in [1.807, 2.05) is 6.92 Å². The lowest BCUT2D eigenvalue weighted by molar-refractivity contribution is -0.157. The zero-order valence-electron chi connectivity index (χ0n) is 8.70. The molecule has 0 bridgehead atoms. The Labute approximate surface area is 84.7 Å². The lowest BCUT2D eigenvalue weighted by Gasteiger charge is -2.23. The summed E-state index contributed by atoms with van der Waals surface area (Å²) in [6, 6.07) is 0. The maximum Gasteiger partial charge on any atom is 0.308 e. The Morgan fingerprint density at radius 1 is 1.57 bits per heavy atom. The highest BCUT2D eigenvalue weighted by molar-refractivity contribution is 5.72. The highest BCUT2D eigenvalue weighted by atomic mass is 16.6. The molecule has 1 unspecified atom stereocenters. The molecule has 0 amide bonds. The Balaban J connectivity index is 2.24. The summed E-state index contributed by atoms with van der Waals surface area (Å²) < 4.78 is 10.5. The van der Waals surface area contributed by atoms with Gasteiger partial charge in [-0.25, -0.2) is 0 Å². The summed E-state index contributed by atoms with van der Waals surface area (Å²) in [6.07, 6.45) is 2.39. The van der Waals surface area contributed by atoms with E-state index >= 15 is 0 Å². The smallest absolute Gasteiger partial charge is 0.308 e. The minimum absolute atomic E-state index is 0.0523. The molecule has 4 nitrogen and oxygen atoms in total. The summed E-state index contributed by atoms with van der Waals surface area (Å²) >= 11 is 0. The molecule has 1 heterocycles. The summed E-state index contributed by atoms with van der Waals surface area (Å²) in [5.41, 5.74) is 5.37. The summed E-state index contributed by atoms with van der Waals surface area (Å²) in [6.45, 7) is 3.78. The third-order valence-corrected chi connectivity index (χ3v) is 2.45. The molecule has 0 spiro atoms. The van der Waals surface area contributed by atoms with Gasteiger partial charge in [-0.2, -0.15) is 0 Å². The zero-order chi connectivity index (χ0) is 10.4. The van der Waals surface area contributed by atoms with Crippen LogP contribution in [0.1, 0.15) is 26.2 Å². The van der Waals surface area contributed by atoms with Crippen LogP contribution < -0.4 is 5.73 Å². The maximum absolute atomic E-state index is 11.5. The van der Waals surface area contributed by atoms with Crippen LogP contribution in [0.4, 0.5) is 0 Å². The predicted octanol–water partition coefficient (Wildman–Crippen LogP) is 0.693. The van der Waals surface area contributed by atoms with Gasteiger partial charge in [-0.3, -0.25) is 4.79 Å². The molecular weight excluding hydrogens is 182 g/mol. The molecule has 1 aliphatic heterocycles. The molecule has 4 heteroatoms. The number of ether oxygens (including phenoxy) is 2. The quantitative estimate of drug-likeness (QED) is 0.680. The van der Waals surface area contributed by atoms with Crippen LogP contribution in [0.25, 0.3) is 0 Å². The number of hydrogen-bond acceptors (Lipinski definition) is 4. The molecule has 1 rings (SSSR count). The van der Waals surface area contributed by atoms with Crippen molar-refractivity contribution >= 4 is 5.97 Å². The molecule has 0 aliphatic carbocycles. The van der Waals surface area contributed by atoms with Crippen molar-refractivity contribution in [2.75, 3.05) is 19.8 Å². The highest BCUT2D eigenvalue weighted by Gasteiger charge is 2.21. The molecule has 2 N–H and O–H groups in total. The van der Waals surface area contributed by atoms with Crippen LogP contribution >= 0.6 is 0 Å². The third-order valence-electron chi connectivity index (χ3n) is 2.45. The van der Waals surface area contributed by atoms with Gasteiger partial charge in [0.25, 0.3) is 0 Å². The van der Waals surface area contributed by atoms with Crippen molar-refractivity contribution in [2.45, 2.75) is 32.3 Å². The molecule has 0 aromatic carbocycles. The van der Waals surface area contributed by atoms with Gasteiger partial charge in [-0.1, -0.05) is 6.92 Å². The van der Waals surface area contributed by atoms with Gasteiger partial charge in [-0.05, 0) is 13.0 Å². The largest absolute Gasteiger partial charge is 0.462 e. The van der Waals surface area contributed by atoms with Crippen LogP contribution in [-0.2, 0) is 14.3 Å². The Hall–Kier alpha value is -0.610. The summed E-state index contributed by atoms with van der Waals surface area (Å²) in [4.78, 5) is 11.5. The fourth-order valence-electron chi connectivity index (χ4n) is 1.44.